The second-order valence-electron chi connectivity index (χ2n) is 6.16. The van der Waals surface area contributed by atoms with Gasteiger partial charge in [-0.05, 0) is 26.8 Å². The zero-order valence-corrected chi connectivity index (χ0v) is 13.1. The maximum absolute atomic E-state index is 12.2. The van der Waals surface area contributed by atoms with Gasteiger partial charge in [-0.15, -0.1) is 0 Å². The minimum absolute atomic E-state index is 0.0390. The Morgan fingerprint density at radius 1 is 1.41 bits per heavy atom. The Balaban J connectivity index is 2.25. The van der Waals surface area contributed by atoms with Crippen molar-refractivity contribution in [3.63, 3.8) is 0 Å². The molecule has 0 fully saturated rings. The van der Waals surface area contributed by atoms with Crippen molar-refractivity contribution >= 4 is 12.1 Å². The van der Waals surface area contributed by atoms with E-state index in [0.29, 0.717) is 12.3 Å². The van der Waals surface area contributed by atoms with Crippen molar-refractivity contribution < 1.29 is 24.2 Å². The number of hydrogen-bond donors (Lipinski definition) is 1. The van der Waals surface area contributed by atoms with Crippen molar-refractivity contribution in [2.24, 2.45) is 0 Å². The van der Waals surface area contributed by atoms with Crippen LogP contribution < -0.4 is 0 Å². The number of fused-ring (bicyclic) bond motifs is 1. The lowest BCUT2D eigenvalue weighted by Gasteiger charge is -2.33. The summed E-state index contributed by atoms with van der Waals surface area (Å²) < 4.78 is 10.8. The Kier molecular flexibility index (Phi) is 4.37. The summed E-state index contributed by atoms with van der Waals surface area (Å²) in [6.45, 7) is 5.94. The van der Waals surface area contributed by atoms with E-state index in [9.17, 15) is 9.59 Å². The number of carboxylic acids is 1. The van der Waals surface area contributed by atoms with E-state index in [-0.39, 0.29) is 18.3 Å². The molecule has 1 N–H and O–H groups in total. The third kappa shape index (κ3) is 3.54. The van der Waals surface area contributed by atoms with Crippen LogP contribution in [0.5, 0.6) is 0 Å². The number of nitrogens with zero attached hydrogens (tertiary/aromatic N) is 2. The summed E-state index contributed by atoms with van der Waals surface area (Å²) in [5.74, 6) is -1.09. The first-order valence-corrected chi connectivity index (χ1v) is 6.95. The molecule has 1 unspecified atom stereocenters. The van der Waals surface area contributed by atoms with E-state index in [4.69, 9.17) is 14.6 Å². The molecule has 0 aliphatic carbocycles. The highest BCUT2D eigenvalue weighted by atomic mass is 16.6. The number of pyridine rings is 1. The molecule has 120 valence electrons. The molecule has 2 rings (SSSR count). The van der Waals surface area contributed by atoms with E-state index < -0.39 is 17.7 Å². The van der Waals surface area contributed by atoms with Gasteiger partial charge in [0.1, 0.15) is 11.3 Å². The predicted molar refractivity (Wildman–Crippen MR) is 77.6 cm³/mol. The fraction of sp³-hybridized carbons (Fsp3) is 0.533. The number of aromatic nitrogens is 1. The number of rotatable bonds is 2. The SMILES string of the molecule is CN(C(=O)OC(C)(C)C)C1COCc2nc(C(=O)O)ccc21. The number of likely N-dealkylation sites (N-methyl/N-ethyl adjacent to an activating group) is 1. The molecular formula is C15H20N2O5. The van der Waals surface area contributed by atoms with Crippen LogP contribution in [0.3, 0.4) is 0 Å². The largest absolute Gasteiger partial charge is 0.477 e. The highest BCUT2D eigenvalue weighted by Gasteiger charge is 2.31. The Morgan fingerprint density at radius 2 is 2.09 bits per heavy atom. The molecule has 1 aromatic rings. The minimum atomic E-state index is -1.09. The van der Waals surface area contributed by atoms with Gasteiger partial charge in [0.15, 0.2) is 0 Å². The lowest BCUT2D eigenvalue weighted by Crippen LogP contribution is -2.40. The summed E-state index contributed by atoms with van der Waals surface area (Å²) >= 11 is 0. The Bertz CT molecular complexity index is 594. The molecule has 1 atom stereocenters. The maximum atomic E-state index is 12.2. The van der Waals surface area contributed by atoms with Crippen LogP contribution in [0.15, 0.2) is 12.1 Å². The van der Waals surface area contributed by atoms with Crippen molar-refractivity contribution in [3.8, 4) is 0 Å². The number of hydrogen-bond acceptors (Lipinski definition) is 5. The van der Waals surface area contributed by atoms with E-state index >= 15 is 0 Å². The number of carbonyl (C=O) groups excluding carboxylic acids is 1. The fourth-order valence-electron chi connectivity index (χ4n) is 2.19. The highest BCUT2D eigenvalue weighted by molar-refractivity contribution is 5.85. The number of amides is 1. The van der Waals surface area contributed by atoms with E-state index in [0.717, 1.165) is 5.56 Å². The van der Waals surface area contributed by atoms with Gasteiger partial charge in [-0.2, -0.15) is 0 Å². The standard InChI is InChI=1S/C15H20N2O5/c1-15(2,3)22-14(20)17(4)12-8-21-7-11-9(12)5-6-10(16-11)13(18)19/h5-6,12H,7-8H2,1-4H3,(H,18,19). The van der Waals surface area contributed by atoms with Gasteiger partial charge in [0, 0.05) is 12.6 Å². The first-order valence-electron chi connectivity index (χ1n) is 6.95. The molecule has 7 nitrogen and oxygen atoms in total. The van der Waals surface area contributed by atoms with Crippen molar-refractivity contribution in [3.05, 3.63) is 29.1 Å². The monoisotopic (exact) mass is 308 g/mol. The summed E-state index contributed by atoms with van der Waals surface area (Å²) in [6.07, 6.45) is -0.462. The predicted octanol–water partition coefficient (Wildman–Crippen LogP) is 2.22. The summed E-state index contributed by atoms with van der Waals surface area (Å²) in [5.41, 5.74) is 0.689. The molecule has 1 aromatic heterocycles. The first-order chi connectivity index (χ1) is 10.2. The van der Waals surface area contributed by atoms with Crippen LogP contribution in [0.1, 0.15) is 48.6 Å². The molecule has 0 saturated heterocycles. The van der Waals surface area contributed by atoms with Crippen molar-refractivity contribution in [2.45, 2.75) is 39.0 Å². The number of carbonyl (C=O) groups is 2. The van der Waals surface area contributed by atoms with Gasteiger partial charge in [0.2, 0.25) is 0 Å². The molecule has 1 aliphatic rings. The molecular weight excluding hydrogens is 288 g/mol. The minimum Gasteiger partial charge on any atom is -0.477 e. The molecule has 0 aromatic carbocycles. The molecule has 0 spiro atoms. The molecule has 0 bridgehead atoms. The smallest absolute Gasteiger partial charge is 0.410 e. The van der Waals surface area contributed by atoms with Gasteiger partial charge in [-0.1, -0.05) is 6.07 Å². The molecule has 0 radical (unpaired) electrons. The lowest BCUT2D eigenvalue weighted by atomic mass is 10.0. The van der Waals surface area contributed by atoms with Gasteiger partial charge in [0.05, 0.1) is 24.9 Å². The molecule has 22 heavy (non-hydrogen) atoms. The maximum Gasteiger partial charge on any atom is 0.410 e. The number of aromatic carboxylic acids is 1. The van der Waals surface area contributed by atoms with Crippen molar-refractivity contribution in [1.29, 1.82) is 0 Å². The summed E-state index contributed by atoms with van der Waals surface area (Å²) in [5, 5.41) is 8.99. The van der Waals surface area contributed by atoms with Gasteiger partial charge in [0.25, 0.3) is 0 Å². The quantitative estimate of drug-likeness (QED) is 0.901. The van der Waals surface area contributed by atoms with E-state index in [2.05, 4.69) is 4.98 Å². The first kappa shape index (κ1) is 16.2. The lowest BCUT2D eigenvalue weighted by molar-refractivity contribution is -0.00127. The molecule has 7 heteroatoms. The fourth-order valence-corrected chi connectivity index (χ4v) is 2.19. The van der Waals surface area contributed by atoms with Gasteiger partial charge >= 0.3 is 12.1 Å². The van der Waals surface area contributed by atoms with Crippen LogP contribution in [0.2, 0.25) is 0 Å². The third-order valence-electron chi connectivity index (χ3n) is 3.25. The number of ether oxygens (including phenoxy) is 2. The zero-order valence-electron chi connectivity index (χ0n) is 13.1. The van der Waals surface area contributed by atoms with Crippen molar-refractivity contribution in [1.82, 2.24) is 9.88 Å². The van der Waals surface area contributed by atoms with E-state index in [1.54, 1.807) is 33.9 Å². The molecule has 2 heterocycles. The summed E-state index contributed by atoms with van der Waals surface area (Å²) in [6, 6.07) is 2.76. The summed E-state index contributed by atoms with van der Waals surface area (Å²) in [7, 11) is 1.63. The van der Waals surface area contributed by atoms with Gasteiger partial charge < -0.3 is 19.5 Å². The molecule has 1 amide bonds. The number of carboxylic acid groups (broad SMARTS) is 1. The Hall–Kier alpha value is -2.15. The van der Waals surface area contributed by atoms with E-state index in [1.165, 1.54) is 11.0 Å². The second kappa shape index (κ2) is 5.92. The second-order valence-corrected chi connectivity index (χ2v) is 6.16. The van der Waals surface area contributed by atoms with Crippen LogP contribution >= 0.6 is 0 Å². The Morgan fingerprint density at radius 3 is 2.68 bits per heavy atom. The zero-order chi connectivity index (χ0) is 16.5. The van der Waals surface area contributed by atoms with Crippen LogP contribution in [-0.2, 0) is 16.1 Å². The molecule has 0 saturated carbocycles. The topological polar surface area (TPSA) is 89.0 Å². The van der Waals surface area contributed by atoms with Crippen LogP contribution in [0.4, 0.5) is 4.79 Å². The van der Waals surface area contributed by atoms with Gasteiger partial charge in [-0.25, -0.2) is 14.6 Å². The molecule has 1 aliphatic heterocycles. The summed E-state index contributed by atoms with van der Waals surface area (Å²) in [4.78, 5) is 28.7. The Labute approximate surface area is 128 Å². The third-order valence-corrected chi connectivity index (χ3v) is 3.25. The van der Waals surface area contributed by atoms with Gasteiger partial charge in [-0.3, -0.25) is 0 Å². The average Bonchev–Trinajstić information content (AvgIpc) is 2.43. The normalized spacial score (nSPS) is 17.5. The average molecular weight is 308 g/mol. The van der Waals surface area contributed by atoms with Crippen molar-refractivity contribution in [2.75, 3.05) is 13.7 Å². The van der Waals surface area contributed by atoms with Crippen LogP contribution in [0, 0.1) is 0 Å². The van der Waals surface area contributed by atoms with E-state index in [1.807, 2.05) is 0 Å². The highest BCUT2D eigenvalue weighted by Crippen LogP contribution is 2.29. The van der Waals surface area contributed by atoms with Crippen LogP contribution in [-0.4, -0.2) is 46.3 Å². The van der Waals surface area contributed by atoms with Crippen LogP contribution in [0.25, 0.3) is 0 Å².